The Bertz CT molecular complexity index is 409. The van der Waals surface area contributed by atoms with Gasteiger partial charge in [-0.3, -0.25) is 14.9 Å². The highest BCUT2D eigenvalue weighted by Gasteiger charge is 2.56. The van der Waals surface area contributed by atoms with Crippen molar-refractivity contribution in [2.24, 2.45) is 22.7 Å². The largest absolute Gasteiger partial charge is 0.296 e. The van der Waals surface area contributed by atoms with Crippen LogP contribution in [0, 0.1) is 22.7 Å². The molecule has 3 heteroatoms. The number of piperidine rings is 1. The number of carbonyl (C=O) groups is 2. The first-order valence-electron chi connectivity index (χ1n) is 7.76. The fourth-order valence-corrected chi connectivity index (χ4v) is 5.11. The summed E-state index contributed by atoms with van der Waals surface area (Å²) in [4.78, 5) is 24.3. The van der Waals surface area contributed by atoms with Crippen LogP contribution in [0.5, 0.6) is 0 Å². The molecule has 0 aromatic carbocycles. The maximum atomic E-state index is 12.4. The lowest BCUT2D eigenvalue weighted by atomic mass is 9.62. The molecule has 1 heterocycles. The van der Waals surface area contributed by atoms with Crippen molar-refractivity contribution in [3.8, 4) is 0 Å². The first kappa shape index (κ1) is 13.1. The van der Waals surface area contributed by atoms with Crippen LogP contribution in [0.25, 0.3) is 0 Å². The van der Waals surface area contributed by atoms with Crippen molar-refractivity contribution >= 4 is 11.8 Å². The smallest absolute Gasteiger partial charge is 0.230 e. The standard InChI is InChI=1S/C16H25NO2/c1-15(2)7-8-16(10-15)9-12(18)17-14(19)13(16)11-5-3-4-6-11/h11,13H,3-10H2,1-2H3,(H,17,18,19). The van der Waals surface area contributed by atoms with E-state index >= 15 is 0 Å². The maximum Gasteiger partial charge on any atom is 0.230 e. The van der Waals surface area contributed by atoms with Gasteiger partial charge in [-0.2, -0.15) is 0 Å². The van der Waals surface area contributed by atoms with Crippen LogP contribution < -0.4 is 5.32 Å². The molecule has 2 unspecified atom stereocenters. The van der Waals surface area contributed by atoms with E-state index in [1.807, 2.05) is 0 Å². The molecule has 3 rings (SSSR count). The molecule has 0 aromatic heterocycles. The normalized spacial score (nSPS) is 38.9. The first-order valence-corrected chi connectivity index (χ1v) is 7.76. The summed E-state index contributed by atoms with van der Waals surface area (Å²) in [5, 5.41) is 2.61. The fourth-order valence-electron chi connectivity index (χ4n) is 5.11. The Morgan fingerprint density at radius 1 is 1.11 bits per heavy atom. The number of rotatable bonds is 1. The van der Waals surface area contributed by atoms with E-state index in [0.29, 0.717) is 12.3 Å². The average Bonchev–Trinajstić information content (AvgIpc) is 2.87. The Morgan fingerprint density at radius 2 is 1.79 bits per heavy atom. The Balaban J connectivity index is 1.92. The molecule has 1 saturated heterocycles. The third-order valence-electron chi connectivity index (χ3n) is 5.72. The average molecular weight is 263 g/mol. The molecule has 1 spiro atoms. The second-order valence-corrected chi connectivity index (χ2v) is 7.81. The van der Waals surface area contributed by atoms with Gasteiger partial charge in [0, 0.05) is 12.3 Å². The number of amides is 2. The van der Waals surface area contributed by atoms with E-state index in [2.05, 4.69) is 19.2 Å². The van der Waals surface area contributed by atoms with Crippen molar-refractivity contribution < 1.29 is 9.59 Å². The minimum Gasteiger partial charge on any atom is -0.296 e. The minimum atomic E-state index is -0.0445. The first-order chi connectivity index (χ1) is 8.92. The number of carbonyl (C=O) groups excluding carboxylic acids is 2. The van der Waals surface area contributed by atoms with E-state index in [1.54, 1.807) is 0 Å². The number of hydrogen-bond acceptors (Lipinski definition) is 2. The van der Waals surface area contributed by atoms with Crippen molar-refractivity contribution in [1.29, 1.82) is 0 Å². The molecule has 1 N–H and O–H groups in total. The van der Waals surface area contributed by atoms with E-state index in [1.165, 1.54) is 25.7 Å². The summed E-state index contributed by atoms with van der Waals surface area (Å²) in [5.41, 5.74) is 0.257. The van der Waals surface area contributed by atoms with E-state index in [4.69, 9.17) is 0 Å². The molecule has 2 saturated carbocycles. The molecule has 1 aliphatic heterocycles. The highest BCUT2D eigenvalue weighted by atomic mass is 16.2. The quantitative estimate of drug-likeness (QED) is 0.739. The minimum absolute atomic E-state index is 0.0286. The van der Waals surface area contributed by atoms with E-state index in [0.717, 1.165) is 19.3 Å². The molecular formula is C16H25NO2. The van der Waals surface area contributed by atoms with Gasteiger partial charge in [0.2, 0.25) is 11.8 Å². The Morgan fingerprint density at radius 3 is 2.37 bits per heavy atom. The second-order valence-electron chi connectivity index (χ2n) is 7.81. The van der Waals surface area contributed by atoms with Gasteiger partial charge in [0.25, 0.3) is 0 Å². The highest BCUT2D eigenvalue weighted by molar-refractivity contribution is 6.00. The van der Waals surface area contributed by atoms with Crippen molar-refractivity contribution in [1.82, 2.24) is 5.32 Å². The van der Waals surface area contributed by atoms with Crippen LogP contribution in [0.2, 0.25) is 0 Å². The summed E-state index contributed by atoms with van der Waals surface area (Å²) >= 11 is 0. The van der Waals surface area contributed by atoms with E-state index in [9.17, 15) is 9.59 Å². The highest BCUT2D eigenvalue weighted by Crippen LogP contribution is 2.59. The number of hydrogen-bond donors (Lipinski definition) is 1. The van der Waals surface area contributed by atoms with Gasteiger partial charge in [-0.25, -0.2) is 0 Å². The third kappa shape index (κ3) is 2.21. The van der Waals surface area contributed by atoms with Gasteiger partial charge in [0.05, 0.1) is 0 Å². The second kappa shape index (κ2) is 4.32. The topological polar surface area (TPSA) is 46.2 Å². The zero-order valence-electron chi connectivity index (χ0n) is 12.1. The van der Waals surface area contributed by atoms with Crippen LogP contribution in [-0.4, -0.2) is 11.8 Å². The predicted octanol–water partition coefficient (Wildman–Crippen LogP) is 3.04. The Hall–Kier alpha value is -0.860. The lowest BCUT2D eigenvalue weighted by Gasteiger charge is -2.43. The summed E-state index contributed by atoms with van der Waals surface area (Å²) in [6.45, 7) is 4.56. The molecule has 106 valence electrons. The molecule has 2 amide bonds. The lowest BCUT2D eigenvalue weighted by Crippen LogP contribution is -2.53. The molecular weight excluding hydrogens is 238 g/mol. The van der Waals surface area contributed by atoms with Gasteiger partial charge in [0.1, 0.15) is 0 Å². The summed E-state index contributed by atoms with van der Waals surface area (Å²) in [6, 6.07) is 0. The van der Waals surface area contributed by atoms with Gasteiger partial charge < -0.3 is 0 Å². The van der Waals surface area contributed by atoms with Gasteiger partial charge in [-0.15, -0.1) is 0 Å². The van der Waals surface area contributed by atoms with Crippen LogP contribution in [0.15, 0.2) is 0 Å². The predicted molar refractivity (Wildman–Crippen MR) is 73.3 cm³/mol. The van der Waals surface area contributed by atoms with Gasteiger partial charge in [-0.1, -0.05) is 26.7 Å². The SMILES string of the molecule is CC1(C)CCC2(CC(=O)NC(=O)C2C2CCCC2)C1. The van der Waals surface area contributed by atoms with Crippen molar-refractivity contribution in [2.45, 2.75) is 65.2 Å². The van der Waals surface area contributed by atoms with E-state index in [-0.39, 0.29) is 28.6 Å². The molecule has 0 aromatic rings. The molecule has 3 aliphatic rings. The monoisotopic (exact) mass is 263 g/mol. The summed E-state index contributed by atoms with van der Waals surface area (Å²) < 4.78 is 0. The van der Waals surface area contributed by atoms with Crippen LogP contribution in [0.4, 0.5) is 0 Å². The zero-order valence-corrected chi connectivity index (χ0v) is 12.1. The summed E-state index contributed by atoms with van der Waals surface area (Å²) in [5.74, 6) is 0.592. The summed E-state index contributed by atoms with van der Waals surface area (Å²) in [7, 11) is 0. The maximum absolute atomic E-state index is 12.4. The van der Waals surface area contributed by atoms with Crippen LogP contribution in [0.1, 0.15) is 65.2 Å². The van der Waals surface area contributed by atoms with Crippen molar-refractivity contribution in [3.63, 3.8) is 0 Å². The van der Waals surface area contributed by atoms with Crippen molar-refractivity contribution in [2.75, 3.05) is 0 Å². The molecule has 2 atom stereocenters. The number of imide groups is 1. The fraction of sp³-hybridized carbons (Fsp3) is 0.875. The van der Waals surface area contributed by atoms with Crippen LogP contribution >= 0.6 is 0 Å². The Labute approximate surface area is 115 Å². The molecule has 3 fully saturated rings. The van der Waals surface area contributed by atoms with Gasteiger partial charge >= 0.3 is 0 Å². The zero-order chi connectivity index (χ0) is 13.7. The molecule has 0 radical (unpaired) electrons. The van der Waals surface area contributed by atoms with Gasteiger partial charge in [-0.05, 0) is 48.9 Å². The van der Waals surface area contributed by atoms with Crippen molar-refractivity contribution in [3.05, 3.63) is 0 Å². The Kier molecular flexibility index (Phi) is 2.99. The van der Waals surface area contributed by atoms with E-state index < -0.39 is 0 Å². The number of nitrogens with one attached hydrogen (secondary N) is 1. The van der Waals surface area contributed by atoms with Crippen LogP contribution in [-0.2, 0) is 9.59 Å². The molecule has 3 nitrogen and oxygen atoms in total. The van der Waals surface area contributed by atoms with Crippen LogP contribution in [0.3, 0.4) is 0 Å². The molecule has 19 heavy (non-hydrogen) atoms. The van der Waals surface area contributed by atoms with Gasteiger partial charge in [0.15, 0.2) is 0 Å². The lowest BCUT2D eigenvalue weighted by molar-refractivity contribution is -0.146. The molecule has 2 aliphatic carbocycles. The third-order valence-corrected chi connectivity index (χ3v) is 5.72. The molecule has 0 bridgehead atoms. The summed E-state index contributed by atoms with van der Waals surface area (Å²) in [6.07, 6.45) is 8.67.